The number of quaternary nitrogens is 1. The minimum absolute atomic E-state index is 0. The van der Waals surface area contributed by atoms with Crippen LogP contribution in [0.4, 0.5) is 0 Å². The van der Waals surface area contributed by atoms with Crippen molar-refractivity contribution in [3.05, 3.63) is 30.1 Å². The molecule has 1 heterocycles. The maximum atomic E-state index is 11.8. The molecule has 0 atom stereocenters. The predicted octanol–water partition coefficient (Wildman–Crippen LogP) is -5.65. The molecular weight excluding hydrogens is 468 g/mol. The summed E-state index contributed by atoms with van der Waals surface area (Å²) in [5, 5.41) is 2.93. The van der Waals surface area contributed by atoms with E-state index >= 15 is 0 Å². The number of halogens is 2. The summed E-state index contributed by atoms with van der Waals surface area (Å²) < 4.78 is 2.84. The number of carbonyl (C=O) groups is 1. The van der Waals surface area contributed by atoms with Crippen LogP contribution in [0.5, 0.6) is 0 Å². The first-order valence-corrected chi connectivity index (χ1v) is 5.92. The number of nitrogens with one attached hydrogen (secondary N) is 1. The molecule has 0 saturated carbocycles. The Bertz CT molecular complexity index is 374. The molecule has 110 valence electrons. The van der Waals surface area contributed by atoms with Crippen molar-refractivity contribution in [3.63, 3.8) is 0 Å². The number of pyridine rings is 1. The number of carbonyl (C=O) groups excluding carboxylic acids is 1. The van der Waals surface area contributed by atoms with Crippen LogP contribution in [-0.2, 0) is 7.05 Å². The lowest BCUT2D eigenvalue weighted by Gasteiger charge is -2.23. The van der Waals surface area contributed by atoms with Crippen LogP contribution in [0.25, 0.3) is 0 Å². The Kier molecular flexibility index (Phi) is 11.1. The van der Waals surface area contributed by atoms with Crippen molar-refractivity contribution >= 4 is 5.91 Å². The second-order valence-corrected chi connectivity index (χ2v) is 5.38. The predicted molar refractivity (Wildman–Crippen MR) is 67.5 cm³/mol. The van der Waals surface area contributed by atoms with E-state index in [-0.39, 0.29) is 53.9 Å². The maximum Gasteiger partial charge on any atom is 0.251 e. The summed E-state index contributed by atoms with van der Waals surface area (Å²) in [6.07, 6.45) is 4.75. The normalized spacial score (nSPS) is 10.1. The average Bonchev–Trinajstić information content (AvgIpc) is 2.24. The van der Waals surface area contributed by atoms with E-state index in [0.29, 0.717) is 5.56 Å². The zero-order chi connectivity index (χ0) is 12.9. The van der Waals surface area contributed by atoms with E-state index in [9.17, 15) is 4.79 Å². The van der Waals surface area contributed by atoms with Crippen molar-refractivity contribution in [1.82, 2.24) is 5.32 Å². The summed E-state index contributed by atoms with van der Waals surface area (Å²) >= 11 is 0. The molecule has 0 bridgehead atoms. The third-order valence-corrected chi connectivity index (χ3v) is 2.53. The highest BCUT2D eigenvalue weighted by molar-refractivity contribution is 5.93. The SMILES string of the molecule is C[n+]1ccc(C(=O)NCCC[N+](C)(C)C)cc1.[I-].[I-]. The fourth-order valence-corrected chi connectivity index (χ4v) is 1.51. The summed E-state index contributed by atoms with van der Waals surface area (Å²) in [4.78, 5) is 11.8. The molecule has 1 rings (SSSR count). The molecule has 0 aliphatic heterocycles. The molecule has 0 aromatic carbocycles. The first-order chi connectivity index (χ1) is 7.88. The Morgan fingerprint density at radius 3 is 2.21 bits per heavy atom. The van der Waals surface area contributed by atoms with E-state index in [1.807, 2.05) is 36.1 Å². The summed E-state index contributed by atoms with van der Waals surface area (Å²) in [5.74, 6) is 0.00649. The van der Waals surface area contributed by atoms with Gasteiger partial charge in [0.25, 0.3) is 5.91 Å². The molecule has 0 unspecified atom stereocenters. The van der Waals surface area contributed by atoms with Gasteiger partial charge in [-0.25, -0.2) is 4.57 Å². The molecule has 1 amide bonds. The third kappa shape index (κ3) is 9.55. The van der Waals surface area contributed by atoms with Crippen LogP contribution in [0.1, 0.15) is 16.8 Å². The molecule has 0 spiro atoms. The smallest absolute Gasteiger partial charge is 0.251 e. The Morgan fingerprint density at radius 1 is 1.21 bits per heavy atom. The standard InChI is InChI=1S/C13H22N3O.2HI/c1-15-9-6-12(7-10-15)13(17)14-8-5-11-16(2,3)4;;/h6-7,9-10H,5,8,11H2,1-4H3;2*1H/q+1;;/p-1. The number of rotatable bonds is 5. The fourth-order valence-electron chi connectivity index (χ4n) is 1.51. The summed E-state index contributed by atoms with van der Waals surface area (Å²) in [6.45, 7) is 1.79. The Labute approximate surface area is 150 Å². The molecule has 0 aliphatic carbocycles. The van der Waals surface area contributed by atoms with Gasteiger partial charge < -0.3 is 57.8 Å². The molecule has 1 aromatic rings. The maximum absolute atomic E-state index is 11.8. The number of aryl methyl sites for hydroxylation is 1. The first kappa shape index (κ1) is 21.3. The van der Waals surface area contributed by atoms with E-state index < -0.39 is 0 Å². The van der Waals surface area contributed by atoms with Gasteiger partial charge in [0.1, 0.15) is 7.05 Å². The number of hydrogen-bond acceptors (Lipinski definition) is 1. The average molecular weight is 491 g/mol. The number of aromatic nitrogens is 1. The second-order valence-electron chi connectivity index (χ2n) is 5.38. The zero-order valence-corrected chi connectivity index (χ0v) is 16.3. The minimum atomic E-state index is 0. The van der Waals surface area contributed by atoms with Gasteiger partial charge in [-0.05, 0) is 0 Å². The lowest BCUT2D eigenvalue weighted by Crippen LogP contribution is -3.00. The van der Waals surface area contributed by atoms with Gasteiger partial charge in [-0.2, -0.15) is 0 Å². The van der Waals surface area contributed by atoms with Gasteiger partial charge in [-0.1, -0.05) is 0 Å². The second kappa shape index (κ2) is 9.87. The molecule has 19 heavy (non-hydrogen) atoms. The Balaban J connectivity index is 0. The van der Waals surface area contributed by atoms with Crippen molar-refractivity contribution in [2.45, 2.75) is 6.42 Å². The quantitative estimate of drug-likeness (QED) is 0.190. The molecule has 0 fully saturated rings. The molecule has 4 nitrogen and oxygen atoms in total. The van der Waals surface area contributed by atoms with Crippen molar-refractivity contribution in [2.24, 2.45) is 7.05 Å². The molecule has 0 aliphatic rings. The topological polar surface area (TPSA) is 33.0 Å². The van der Waals surface area contributed by atoms with Crippen molar-refractivity contribution in [2.75, 3.05) is 34.2 Å². The van der Waals surface area contributed by atoms with Gasteiger partial charge in [0.15, 0.2) is 12.4 Å². The molecule has 1 aromatic heterocycles. The number of amides is 1. The highest BCUT2D eigenvalue weighted by Gasteiger charge is 2.08. The zero-order valence-electron chi connectivity index (χ0n) is 12.0. The van der Waals surface area contributed by atoms with Crippen LogP contribution in [0.15, 0.2) is 24.5 Å². The summed E-state index contributed by atoms with van der Waals surface area (Å²) in [7, 11) is 8.39. The molecule has 1 N–H and O–H groups in total. The first-order valence-electron chi connectivity index (χ1n) is 5.92. The monoisotopic (exact) mass is 491 g/mol. The van der Waals surface area contributed by atoms with E-state index in [1.54, 1.807) is 0 Å². The summed E-state index contributed by atoms with van der Waals surface area (Å²) in [5.41, 5.74) is 0.716. The largest absolute Gasteiger partial charge is 1.00 e. The van der Waals surface area contributed by atoms with Crippen LogP contribution in [0.2, 0.25) is 0 Å². The fraction of sp³-hybridized carbons (Fsp3) is 0.538. The van der Waals surface area contributed by atoms with E-state index in [2.05, 4.69) is 26.5 Å². The van der Waals surface area contributed by atoms with Gasteiger partial charge in [0, 0.05) is 25.1 Å². The Hall–Kier alpha value is 0.0400. The molecule has 6 heteroatoms. The summed E-state index contributed by atoms with van der Waals surface area (Å²) in [6, 6.07) is 3.66. The van der Waals surface area contributed by atoms with Crippen LogP contribution in [-0.4, -0.2) is 44.6 Å². The van der Waals surface area contributed by atoms with Crippen LogP contribution >= 0.6 is 0 Å². The molecular formula is C13H23I2N3O. The van der Waals surface area contributed by atoms with Crippen LogP contribution in [0.3, 0.4) is 0 Å². The van der Waals surface area contributed by atoms with E-state index in [1.165, 1.54) is 0 Å². The Morgan fingerprint density at radius 2 is 1.74 bits per heavy atom. The van der Waals surface area contributed by atoms with Gasteiger partial charge >= 0.3 is 0 Å². The van der Waals surface area contributed by atoms with E-state index in [0.717, 1.165) is 24.0 Å². The third-order valence-electron chi connectivity index (χ3n) is 2.53. The van der Waals surface area contributed by atoms with Crippen LogP contribution in [0, 0.1) is 0 Å². The number of hydrogen-bond donors (Lipinski definition) is 1. The van der Waals surface area contributed by atoms with Gasteiger partial charge in [0.2, 0.25) is 0 Å². The van der Waals surface area contributed by atoms with Crippen molar-refractivity contribution < 1.29 is 61.8 Å². The lowest BCUT2D eigenvalue weighted by molar-refractivity contribution is -0.870. The van der Waals surface area contributed by atoms with Gasteiger partial charge in [0.05, 0.1) is 33.3 Å². The lowest BCUT2D eigenvalue weighted by atomic mass is 10.2. The number of nitrogens with zero attached hydrogens (tertiary/aromatic N) is 2. The highest BCUT2D eigenvalue weighted by Crippen LogP contribution is 1.96. The minimum Gasteiger partial charge on any atom is -1.00 e. The van der Waals surface area contributed by atoms with Gasteiger partial charge in [-0.3, -0.25) is 4.79 Å². The highest BCUT2D eigenvalue weighted by atomic mass is 127. The van der Waals surface area contributed by atoms with E-state index in [4.69, 9.17) is 0 Å². The van der Waals surface area contributed by atoms with Crippen molar-refractivity contribution in [1.29, 1.82) is 0 Å². The molecule has 0 saturated heterocycles. The van der Waals surface area contributed by atoms with Crippen molar-refractivity contribution in [3.8, 4) is 0 Å². The molecule has 0 radical (unpaired) electrons. The van der Waals surface area contributed by atoms with Crippen LogP contribution < -0.4 is 57.8 Å². The van der Waals surface area contributed by atoms with Gasteiger partial charge in [-0.15, -0.1) is 0 Å².